The Balaban J connectivity index is 2.83. The molecular formula is C12H10F3N3. The van der Waals surface area contributed by atoms with Gasteiger partial charge in [-0.25, -0.2) is 0 Å². The number of aromatic nitrogens is 1. The van der Waals surface area contributed by atoms with E-state index in [0.29, 0.717) is 5.56 Å². The van der Waals surface area contributed by atoms with Crippen LogP contribution in [0.25, 0.3) is 0 Å². The van der Waals surface area contributed by atoms with E-state index >= 15 is 0 Å². The van der Waals surface area contributed by atoms with Crippen molar-refractivity contribution in [3.8, 4) is 12.1 Å². The van der Waals surface area contributed by atoms with Gasteiger partial charge in [-0.15, -0.1) is 0 Å². The minimum Gasteiger partial charge on any atom is -0.264 e. The summed E-state index contributed by atoms with van der Waals surface area (Å²) in [5.41, 5.74) is -1.08. The van der Waals surface area contributed by atoms with Crippen molar-refractivity contribution >= 4 is 0 Å². The van der Waals surface area contributed by atoms with Crippen molar-refractivity contribution < 1.29 is 13.2 Å². The van der Waals surface area contributed by atoms with Crippen LogP contribution in [-0.4, -0.2) is 11.2 Å². The van der Waals surface area contributed by atoms with Crippen LogP contribution in [0, 0.1) is 28.1 Å². The van der Waals surface area contributed by atoms with Crippen LogP contribution >= 0.6 is 0 Å². The van der Waals surface area contributed by atoms with Crippen molar-refractivity contribution in [3.63, 3.8) is 0 Å². The summed E-state index contributed by atoms with van der Waals surface area (Å²) >= 11 is 0. The molecule has 0 unspecified atom stereocenters. The van der Waals surface area contributed by atoms with Crippen molar-refractivity contribution in [2.24, 2.45) is 5.41 Å². The minimum atomic E-state index is -4.37. The van der Waals surface area contributed by atoms with Crippen LogP contribution in [0.1, 0.15) is 18.4 Å². The molecule has 0 aliphatic carbocycles. The molecule has 0 fully saturated rings. The Morgan fingerprint density at radius 1 is 1.17 bits per heavy atom. The van der Waals surface area contributed by atoms with Gasteiger partial charge in [0.2, 0.25) is 0 Å². The monoisotopic (exact) mass is 253 g/mol. The zero-order valence-corrected chi connectivity index (χ0v) is 9.41. The van der Waals surface area contributed by atoms with E-state index in [0.717, 1.165) is 0 Å². The summed E-state index contributed by atoms with van der Waals surface area (Å²) in [5.74, 6) is 0. The van der Waals surface area contributed by atoms with Gasteiger partial charge in [-0.2, -0.15) is 23.7 Å². The molecule has 1 aromatic rings. The van der Waals surface area contributed by atoms with Gasteiger partial charge in [0, 0.05) is 25.2 Å². The van der Waals surface area contributed by atoms with E-state index in [2.05, 4.69) is 4.98 Å². The van der Waals surface area contributed by atoms with Gasteiger partial charge in [0.05, 0.1) is 12.1 Å². The summed E-state index contributed by atoms with van der Waals surface area (Å²) in [5, 5.41) is 17.9. The molecule has 1 heterocycles. The summed E-state index contributed by atoms with van der Waals surface area (Å²) in [6.45, 7) is 0. The highest BCUT2D eigenvalue weighted by Crippen LogP contribution is 2.32. The molecule has 1 aromatic heterocycles. The Kier molecular flexibility index (Phi) is 4.28. The molecule has 94 valence electrons. The van der Waals surface area contributed by atoms with Crippen LogP contribution in [0.3, 0.4) is 0 Å². The fraction of sp³-hybridized carbons (Fsp3) is 0.417. The lowest BCUT2D eigenvalue weighted by Crippen LogP contribution is -2.23. The highest BCUT2D eigenvalue weighted by molar-refractivity contribution is 5.22. The number of rotatable bonds is 4. The first-order valence-electron chi connectivity index (χ1n) is 5.19. The number of nitrogens with zero attached hydrogens (tertiary/aromatic N) is 3. The standard InChI is InChI=1S/C12H10F3N3/c13-12(14,15)4-3-11(8-16,9-17)6-10-2-1-5-18-7-10/h1-2,5,7H,3-4,6H2. The van der Waals surface area contributed by atoms with Crippen LogP contribution < -0.4 is 0 Å². The maximum atomic E-state index is 12.2. The first-order chi connectivity index (χ1) is 8.41. The van der Waals surface area contributed by atoms with Gasteiger partial charge in [0.15, 0.2) is 0 Å². The number of hydrogen-bond donors (Lipinski definition) is 0. The van der Waals surface area contributed by atoms with Crippen molar-refractivity contribution in [2.45, 2.75) is 25.4 Å². The molecule has 0 saturated carbocycles. The fourth-order valence-corrected chi connectivity index (χ4v) is 1.51. The molecule has 0 amide bonds. The van der Waals surface area contributed by atoms with Gasteiger partial charge in [0.25, 0.3) is 0 Å². The van der Waals surface area contributed by atoms with Crippen LogP contribution in [0.5, 0.6) is 0 Å². The number of pyridine rings is 1. The second kappa shape index (κ2) is 5.50. The third kappa shape index (κ3) is 4.06. The first-order valence-corrected chi connectivity index (χ1v) is 5.19. The Morgan fingerprint density at radius 3 is 2.28 bits per heavy atom. The van der Waals surface area contributed by atoms with E-state index in [1.165, 1.54) is 12.4 Å². The van der Waals surface area contributed by atoms with E-state index in [1.54, 1.807) is 24.3 Å². The van der Waals surface area contributed by atoms with Gasteiger partial charge in [-0.3, -0.25) is 4.98 Å². The lowest BCUT2D eigenvalue weighted by Gasteiger charge is -2.19. The molecule has 3 nitrogen and oxygen atoms in total. The smallest absolute Gasteiger partial charge is 0.264 e. The molecule has 1 rings (SSSR count). The highest BCUT2D eigenvalue weighted by Gasteiger charge is 2.37. The van der Waals surface area contributed by atoms with Crippen LogP contribution in [0.2, 0.25) is 0 Å². The molecule has 0 spiro atoms. The molecular weight excluding hydrogens is 243 g/mol. The van der Waals surface area contributed by atoms with E-state index in [9.17, 15) is 13.2 Å². The Labute approximate surface area is 102 Å². The van der Waals surface area contributed by atoms with Crippen molar-refractivity contribution in [3.05, 3.63) is 30.1 Å². The molecule has 0 N–H and O–H groups in total. The second-order valence-corrected chi connectivity index (χ2v) is 3.96. The second-order valence-electron chi connectivity index (χ2n) is 3.96. The Hall–Kier alpha value is -2.08. The van der Waals surface area contributed by atoms with Gasteiger partial charge in [-0.05, 0) is 18.1 Å². The average Bonchev–Trinajstić information content (AvgIpc) is 2.35. The first kappa shape index (κ1) is 14.0. The van der Waals surface area contributed by atoms with Crippen LogP contribution in [0.4, 0.5) is 13.2 Å². The van der Waals surface area contributed by atoms with Crippen molar-refractivity contribution in [1.29, 1.82) is 10.5 Å². The average molecular weight is 253 g/mol. The Morgan fingerprint density at radius 2 is 1.83 bits per heavy atom. The fourth-order valence-electron chi connectivity index (χ4n) is 1.51. The Bertz CT molecular complexity index is 454. The minimum absolute atomic E-state index is 0.0517. The zero-order valence-electron chi connectivity index (χ0n) is 9.41. The maximum Gasteiger partial charge on any atom is 0.389 e. The lowest BCUT2D eigenvalue weighted by molar-refractivity contribution is -0.138. The number of halogens is 3. The molecule has 0 radical (unpaired) electrons. The predicted octanol–water partition coefficient (Wildman–Crippen LogP) is 3.00. The molecule has 6 heteroatoms. The normalized spacial score (nSPS) is 11.6. The predicted molar refractivity (Wildman–Crippen MR) is 56.9 cm³/mol. The number of alkyl halides is 3. The van der Waals surface area contributed by atoms with Crippen molar-refractivity contribution in [1.82, 2.24) is 4.98 Å². The molecule has 0 aromatic carbocycles. The molecule has 0 aliphatic rings. The van der Waals surface area contributed by atoms with Crippen LogP contribution in [0.15, 0.2) is 24.5 Å². The zero-order chi connectivity index (χ0) is 13.6. The van der Waals surface area contributed by atoms with Gasteiger partial charge < -0.3 is 0 Å². The SMILES string of the molecule is N#CC(C#N)(CCC(F)(F)F)Cc1cccnc1. The van der Waals surface area contributed by atoms with E-state index in [1.807, 2.05) is 0 Å². The van der Waals surface area contributed by atoms with Crippen molar-refractivity contribution in [2.75, 3.05) is 0 Å². The van der Waals surface area contributed by atoms with E-state index < -0.39 is 24.4 Å². The van der Waals surface area contributed by atoms with Gasteiger partial charge >= 0.3 is 6.18 Å². The summed E-state index contributed by atoms with van der Waals surface area (Å²) in [6, 6.07) is 6.63. The largest absolute Gasteiger partial charge is 0.389 e. The lowest BCUT2D eigenvalue weighted by atomic mass is 9.80. The molecule has 18 heavy (non-hydrogen) atoms. The van der Waals surface area contributed by atoms with Gasteiger partial charge in [0.1, 0.15) is 5.41 Å². The summed E-state index contributed by atoms with van der Waals surface area (Å²) < 4.78 is 36.5. The maximum absolute atomic E-state index is 12.2. The molecule has 0 aliphatic heterocycles. The third-order valence-electron chi connectivity index (χ3n) is 2.49. The topological polar surface area (TPSA) is 60.5 Å². The molecule has 0 atom stereocenters. The van der Waals surface area contributed by atoms with Crippen LogP contribution in [-0.2, 0) is 6.42 Å². The van der Waals surface area contributed by atoms with E-state index in [4.69, 9.17) is 10.5 Å². The molecule has 0 saturated heterocycles. The summed E-state index contributed by atoms with van der Waals surface area (Å²) in [4.78, 5) is 3.81. The molecule has 0 bridgehead atoms. The summed E-state index contributed by atoms with van der Waals surface area (Å²) in [7, 11) is 0. The van der Waals surface area contributed by atoms with Gasteiger partial charge in [-0.1, -0.05) is 6.07 Å². The number of nitriles is 2. The highest BCUT2D eigenvalue weighted by atomic mass is 19.4. The van der Waals surface area contributed by atoms with E-state index in [-0.39, 0.29) is 6.42 Å². The summed E-state index contributed by atoms with van der Waals surface area (Å²) in [6.07, 6.45) is -3.14. The quantitative estimate of drug-likeness (QED) is 0.828. The third-order valence-corrected chi connectivity index (χ3v) is 2.49. The number of hydrogen-bond acceptors (Lipinski definition) is 3.